The average molecular weight is 447 g/mol. The lowest BCUT2D eigenvalue weighted by atomic mass is 9.83. The Hall–Kier alpha value is -1.57. The van der Waals surface area contributed by atoms with E-state index in [9.17, 15) is 9.59 Å². The summed E-state index contributed by atoms with van der Waals surface area (Å²) in [7, 11) is 0. The third kappa shape index (κ3) is 4.78. The number of amides is 2. The Morgan fingerprint density at radius 2 is 1.81 bits per heavy atom. The average Bonchev–Trinajstić information content (AvgIpc) is 3.47. The highest BCUT2D eigenvalue weighted by molar-refractivity contribution is 7.99. The number of aryl methyl sites for hydroxylation is 1. The predicted octanol–water partition coefficient (Wildman–Crippen LogP) is 3.08. The second-order valence-electron chi connectivity index (χ2n) is 8.55. The topological polar surface area (TPSA) is 59.1 Å². The molecule has 0 bridgehead atoms. The van der Waals surface area contributed by atoms with Crippen LogP contribution in [0.15, 0.2) is 24.3 Å². The van der Waals surface area contributed by atoms with E-state index in [-0.39, 0.29) is 29.8 Å². The number of thioether (sulfide) groups is 1. The Balaban J connectivity index is 1.45. The summed E-state index contributed by atoms with van der Waals surface area (Å²) in [5.41, 5.74) is 2.64. The number of rotatable bonds is 7. The van der Waals surface area contributed by atoms with Crippen molar-refractivity contribution in [3.63, 3.8) is 0 Å². The van der Waals surface area contributed by atoms with Gasteiger partial charge in [0.05, 0.1) is 11.9 Å². The summed E-state index contributed by atoms with van der Waals surface area (Å²) in [4.78, 5) is 30.8. The van der Waals surface area contributed by atoms with Crippen LogP contribution in [-0.4, -0.2) is 71.4 Å². The van der Waals surface area contributed by atoms with Crippen molar-refractivity contribution in [1.82, 2.24) is 9.80 Å². The smallest absolute Gasteiger partial charge is 0.246 e. The second kappa shape index (κ2) is 10.4. The molecule has 1 aromatic carbocycles. The van der Waals surface area contributed by atoms with E-state index in [1.54, 1.807) is 11.8 Å². The molecule has 0 radical (unpaired) electrons. The molecule has 3 aliphatic rings. The van der Waals surface area contributed by atoms with Crippen molar-refractivity contribution in [2.75, 3.05) is 31.4 Å². The predicted molar refractivity (Wildman–Crippen MR) is 122 cm³/mol. The van der Waals surface area contributed by atoms with E-state index < -0.39 is 6.29 Å². The number of hydrogen-bond donors (Lipinski definition) is 0. The maximum Gasteiger partial charge on any atom is 0.246 e. The first-order valence-electron chi connectivity index (χ1n) is 11.6. The van der Waals surface area contributed by atoms with Crippen LogP contribution in [-0.2, 0) is 31.9 Å². The van der Waals surface area contributed by atoms with E-state index in [0.717, 1.165) is 37.9 Å². The van der Waals surface area contributed by atoms with Gasteiger partial charge in [-0.05, 0) is 57.1 Å². The fraction of sp³-hybridized carbons (Fsp3) is 0.667. The number of hydrogen-bond acceptors (Lipinski definition) is 5. The maximum atomic E-state index is 13.6. The molecule has 2 fully saturated rings. The number of carbonyl (C=O) groups excluding carboxylic acids is 2. The normalized spacial score (nSPS) is 25.8. The van der Waals surface area contributed by atoms with E-state index >= 15 is 0 Å². The number of ether oxygens (including phenoxy) is 2. The Bertz CT molecular complexity index is 783. The Kier molecular flexibility index (Phi) is 7.56. The number of nitrogens with zero attached hydrogens (tertiary/aromatic N) is 2. The summed E-state index contributed by atoms with van der Waals surface area (Å²) >= 11 is 1.73. The third-order valence-corrected chi connectivity index (χ3v) is 7.73. The summed E-state index contributed by atoms with van der Waals surface area (Å²) in [6.07, 6.45) is 3.81. The summed E-state index contributed by atoms with van der Waals surface area (Å²) in [6, 6.07) is 7.96. The van der Waals surface area contributed by atoms with Crippen LogP contribution >= 0.6 is 11.8 Å². The van der Waals surface area contributed by atoms with Gasteiger partial charge >= 0.3 is 0 Å². The highest BCUT2D eigenvalue weighted by Crippen LogP contribution is 2.32. The van der Waals surface area contributed by atoms with E-state index in [4.69, 9.17) is 9.47 Å². The molecule has 1 aromatic rings. The molecule has 7 heteroatoms. The monoisotopic (exact) mass is 446 g/mol. The Morgan fingerprint density at radius 3 is 2.55 bits per heavy atom. The molecule has 2 saturated heterocycles. The van der Waals surface area contributed by atoms with E-state index in [1.807, 2.05) is 29.7 Å². The lowest BCUT2D eigenvalue weighted by Crippen LogP contribution is -2.54. The molecular formula is C24H34N2O4S. The first kappa shape index (κ1) is 22.6. The zero-order valence-electron chi connectivity index (χ0n) is 18.6. The van der Waals surface area contributed by atoms with Crippen molar-refractivity contribution in [3.05, 3.63) is 35.4 Å². The molecule has 2 aliphatic heterocycles. The SMILES string of the molecule is CCOC(OCC)[C@@H]1CSCN1C(=O)[C@@H]1CCCN1C(=O)[C@@H]1CCc2ccccc2C1. The van der Waals surface area contributed by atoms with Crippen LogP contribution in [0.25, 0.3) is 0 Å². The number of benzene rings is 1. The van der Waals surface area contributed by atoms with Crippen molar-refractivity contribution in [2.45, 2.75) is 64.3 Å². The summed E-state index contributed by atoms with van der Waals surface area (Å²) < 4.78 is 11.6. The van der Waals surface area contributed by atoms with Crippen LogP contribution in [0.1, 0.15) is 44.2 Å². The molecule has 0 N–H and O–H groups in total. The van der Waals surface area contributed by atoms with Gasteiger partial charge in [0.25, 0.3) is 0 Å². The minimum Gasteiger partial charge on any atom is -0.351 e. The van der Waals surface area contributed by atoms with Crippen molar-refractivity contribution in [2.24, 2.45) is 5.92 Å². The summed E-state index contributed by atoms with van der Waals surface area (Å²) in [5.74, 6) is 1.62. The summed E-state index contributed by atoms with van der Waals surface area (Å²) in [5, 5.41) is 0. The third-order valence-electron chi connectivity index (χ3n) is 6.70. The molecule has 6 nitrogen and oxygen atoms in total. The molecule has 0 saturated carbocycles. The molecular weight excluding hydrogens is 412 g/mol. The molecule has 170 valence electrons. The number of carbonyl (C=O) groups is 2. The van der Waals surface area contributed by atoms with Gasteiger partial charge in [-0.15, -0.1) is 11.8 Å². The second-order valence-corrected chi connectivity index (χ2v) is 9.55. The first-order valence-corrected chi connectivity index (χ1v) is 12.8. The van der Waals surface area contributed by atoms with E-state index in [2.05, 4.69) is 18.2 Å². The Morgan fingerprint density at radius 1 is 1.06 bits per heavy atom. The lowest BCUT2D eigenvalue weighted by Gasteiger charge is -2.35. The van der Waals surface area contributed by atoms with Gasteiger partial charge in [-0.25, -0.2) is 0 Å². The van der Waals surface area contributed by atoms with Crippen molar-refractivity contribution in [3.8, 4) is 0 Å². The quantitative estimate of drug-likeness (QED) is 0.603. The number of fused-ring (bicyclic) bond motifs is 1. The highest BCUT2D eigenvalue weighted by atomic mass is 32.2. The van der Waals surface area contributed by atoms with Gasteiger partial charge in [-0.1, -0.05) is 24.3 Å². The number of likely N-dealkylation sites (tertiary alicyclic amines) is 1. The lowest BCUT2D eigenvalue weighted by molar-refractivity contribution is -0.175. The maximum absolute atomic E-state index is 13.6. The molecule has 0 spiro atoms. The van der Waals surface area contributed by atoms with Crippen LogP contribution < -0.4 is 0 Å². The van der Waals surface area contributed by atoms with Crippen molar-refractivity contribution < 1.29 is 19.1 Å². The fourth-order valence-corrected chi connectivity index (χ4v) is 6.33. The highest BCUT2D eigenvalue weighted by Gasteiger charge is 2.44. The molecule has 0 unspecified atom stereocenters. The fourth-order valence-electron chi connectivity index (χ4n) is 5.13. The Labute approximate surface area is 189 Å². The van der Waals surface area contributed by atoms with Gasteiger partial charge in [0.2, 0.25) is 11.8 Å². The van der Waals surface area contributed by atoms with Gasteiger partial charge in [0.1, 0.15) is 6.04 Å². The molecule has 4 rings (SSSR count). The van der Waals surface area contributed by atoms with Gasteiger partial charge in [0, 0.05) is 31.4 Å². The van der Waals surface area contributed by atoms with E-state index in [1.165, 1.54) is 11.1 Å². The van der Waals surface area contributed by atoms with Gasteiger partial charge < -0.3 is 19.3 Å². The molecule has 31 heavy (non-hydrogen) atoms. The molecule has 2 heterocycles. The minimum absolute atomic E-state index is 0.0216. The van der Waals surface area contributed by atoms with Crippen LogP contribution in [0.2, 0.25) is 0 Å². The first-order chi connectivity index (χ1) is 15.1. The minimum atomic E-state index is -0.408. The largest absolute Gasteiger partial charge is 0.351 e. The van der Waals surface area contributed by atoms with Gasteiger partial charge in [-0.2, -0.15) is 0 Å². The molecule has 0 aromatic heterocycles. The van der Waals surface area contributed by atoms with Crippen molar-refractivity contribution in [1.29, 1.82) is 0 Å². The van der Waals surface area contributed by atoms with Crippen molar-refractivity contribution >= 4 is 23.6 Å². The van der Waals surface area contributed by atoms with Gasteiger partial charge in [0.15, 0.2) is 6.29 Å². The molecule has 3 atom stereocenters. The van der Waals surface area contributed by atoms with Crippen LogP contribution in [0, 0.1) is 5.92 Å². The van der Waals surface area contributed by atoms with E-state index in [0.29, 0.717) is 25.6 Å². The van der Waals surface area contributed by atoms with Crippen LogP contribution in [0.4, 0.5) is 0 Å². The standard InChI is InChI=1S/C24H34N2O4S/c1-3-29-24(30-4-2)21-15-31-16-26(21)23(28)20-10-7-13-25(20)22(27)19-12-11-17-8-5-6-9-18(17)14-19/h5-6,8-9,19-21,24H,3-4,7,10-16H2,1-2H3/t19-,20+,21+/m1/s1. The zero-order valence-corrected chi connectivity index (χ0v) is 19.4. The van der Waals surface area contributed by atoms with Crippen LogP contribution in [0.5, 0.6) is 0 Å². The molecule has 1 aliphatic carbocycles. The summed E-state index contributed by atoms with van der Waals surface area (Å²) in [6.45, 7) is 5.66. The zero-order chi connectivity index (χ0) is 21.8. The molecule has 2 amide bonds. The van der Waals surface area contributed by atoms with Crippen LogP contribution in [0.3, 0.4) is 0 Å². The van der Waals surface area contributed by atoms with Gasteiger partial charge in [-0.3, -0.25) is 9.59 Å².